The summed E-state index contributed by atoms with van der Waals surface area (Å²) in [6.07, 6.45) is 0.672. The molecule has 0 fully saturated rings. The molecule has 0 atom stereocenters. The molecule has 1 amide bonds. The van der Waals surface area contributed by atoms with Gasteiger partial charge in [0.25, 0.3) is 5.91 Å². The molecule has 0 aromatic heterocycles. The summed E-state index contributed by atoms with van der Waals surface area (Å²) < 4.78 is 36.3. The Kier molecular flexibility index (Phi) is 4.55. The Labute approximate surface area is 118 Å². The Morgan fingerprint density at radius 2 is 1.95 bits per heavy atom. The Balaban J connectivity index is 3.30. The molecular weight excluding hydrogens is 283 g/mol. The quantitative estimate of drug-likeness (QED) is 0.919. The molecule has 20 heavy (non-hydrogen) atoms. The van der Waals surface area contributed by atoms with Crippen molar-refractivity contribution in [1.29, 1.82) is 0 Å². The van der Waals surface area contributed by atoms with E-state index in [0.717, 1.165) is 18.2 Å². The van der Waals surface area contributed by atoms with Crippen molar-refractivity contribution in [2.24, 2.45) is 5.14 Å². The van der Waals surface area contributed by atoms with E-state index in [1.165, 1.54) is 4.90 Å². The van der Waals surface area contributed by atoms with E-state index in [0.29, 0.717) is 6.42 Å². The summed E-state index contributed by atoms with van der Waals surface area (Å²) in [4.78, 5) is 13.4. The van der Waals surface area contributed by atoms with Gasteiger partial charge in [0.2, 0.25) is 10.0 Å². The third kappa shape index (κ3) is 3.34. The number of hydrogen-bond donors (Lipinski definition) is 1. The third-order valence-corrected chi connectivity index (χ3v) is 4.49. The molecule has 0 unspecified atom stereocenters. The highest BCUT2D eigenvalue weighted by atomic mass is 32.2. The number of carbonyl (C=O) groups is 1. The molecule has 0 saturated carbocycles. The smallest absolute Gasteiger partial charge is 0.257 e. The number of benzene rings is 1. The molecule has 2 N–H and O–H groups in total. The van der Waals surface area contributed by atoms with Crippen LogP contribution in [0.1, 0.15) is 37.6 Å². The number of carbonyl (C=O) groups excluding carboxylic acids is 1. The molecule has 0 radical (unpaired) electrons. The Morgan fingerprint density at radius 1 is 1.40 bits per heavy atom. The van der Waals surface area contributed by atoms with Gasteiger partial charge in [-0.25, -0.2) is 17.9 Å². The molecule has 7 heteroatoms. The Bertz CT molecular complexity index is 627. The predicted octanol–water partition coefficient (Wildman–Crippen LogP) is 1.73. The number of sulfonamides is 1. The number of halogens is 1. The van der Waals surface area contributed by atoms with Crippen molar-refractivity contribution < 1.29 is 17.6 Å². The topological polar surface area (TPSA) is 80.5 Å². The lowest BCUT2D eigenvalue weighted by Gasteiger charge is -2.35. The van der Waals surface area contributed by atoms with Crippen LogP contribution in [-0.4, -0.2) is 31.8 Å². The minimum absolute atomic E-state index is 0.287. The number of amides is 1. The maximum atomic E-state index is 13.8. The molecule has 0 saturated heterocycles. The van der Waals surface area contributed by atoms with Crippen LogP contribution in [0.25, 0.3) is 0 Å². The number of nitrogens with zero attached hydrogens (tertiary/aromatic N) is 1. The summed E-state index contributed by atoms with van der Waals surface area (Å²) in [5.74, 6) is -1.36. The van der Waals surface area contributed by atoms with Gasteiger partial charge in [-0.1, -0.05) is 6.92 Å². The van der Waals surface area contributed by atoms with E-state index < -0.39 is 27.3 Å². The fourth-order valence-electron chi connectivity index (χ4n) is 1.54. The van der Waals surface area contributed by atoms with Crippen molar-refractivity contribution in [2.45, 2.75) is 37.6 Å². The molecule has 1 aromatic carbocycles. The minimum atomic E-state index is -3.98. The lowest BCUT2D eigenvalue weighted by atomic mass is 9.99. The first-order valence-electron chi connectivity index (χ1n) is 6.11. The third-order valence-electron chi connectivity index (χ3n) is 3.57. The molecule has 0 aliphatic carbocycles. The van der Waals surface area contributed by atoms with Gasteiger partial charge in [0.15, 0.2) is 0 Å². The van der Waals surface area contributed by atoms with Crippen LogP contribution < -0.4 is 5.14 Å². The molecular formula is C13H19FN2O3S. The van der Waals surface area contributed by atoms with Gasteiger partial charge in [-0.3, -0.25) is 4.79 Å². The van der Waals surface area contributed by atoms with Crippen LogP contribution in [0.15, 0.2) is 23.1 Å². The molecule has 1 aromatic rings. The second kappa shape index (κ2) is 5.49. The second-order valence-electron chi connectivity index (χ2n) is 5.22. The summed E-state index contributed by atoms with van der Waals surface area (Å²) >= 11 is 0. The maximum absolute atomic E-state index is 13.8. The van der Waals surface area contributed by atoms with Crippen molar-refractivity contribution in [1.82, 2.24) is 4.90 Å². The lowest BCUT2D eigenvalue weighted by molar-refractivity contribution is 0.0615. The fourth-order valence-corrected chi connectivity index (χ4v) is 2.08. The Hall–Kier alpha value is -1.47. The molecule has 0 bridgehead atoms. The largest absolute Gasteiger partial charge is 0.337 e. The van der Waals surface area contributed by atoms with Crippen molar-refractivity contribution in [3.8, 4) is 0 Å². The molecule has 1 rings (SSSR count). The van der Waals surface area contributed by atoms with Crippen molar-refractivity contribution in [2.75, 3.05) is 7.05 Å². The summed E-state index contributed by atoms with van der Waals surface area (Å²) in [6, 6.07) is 2.93. The SMILES string of the molecule is CCC(C)(C)N(C)C(=O)c1cc(S(N)(=O)=O)ccc1F. The van der Waals surface area contributed by atoms with Gasteiger partial charge in [0, 0.05) is 12.6 Å². The van der Waals surface area contributed by atoms with Crippen molar-refractivity contribution >= 4 is 15.9 Å². The highest BCUT2D eigenvalue weighted by molar-refractivity contribution is 7.89. The molecule has 5 nitrogen and oxygen atoms in total. The van der Waals surface area contributed by atoms with Crippen LogP contribution in [-0.2, 0) is 10.0 Å². The average Bonchev–Trinajstić information content (AvgIpc) is 2.36. The van der Waals surface area contributed by atoms with Gasteiger partial charge in [-0.2, -0.15) is 0 Å². The van der Waals surface area contributed by atoms with Gasteiger partial charge in [0.1, 0.15) is 5.82 Å². The highest BCUT2D eigenvalue weighted by Gasteiger charge is 2.28. The molecule has 112 valence electrons. The standard InChI is InChI=1S/C13H19FN2O3S/c1-5-13(2,3)16(4)12(17)10-8-9(20(15,18)19)6-7-11(10)14/h6-8H,5H2,1-4H3,(H2,15,18,19). The van der Waals surface area contributed by atoms with Crippen LogP contribution in [0.5, 0.6) is 0 Å². The summed E-state index contributed by atoms with van der Waals surface area (Å²) in [5, 5.41) is 4.99. The van der Waals surface area contributed by atoms with Crippen LogP contribution in [0.3, 0.4) is 0 Å². The lowest BCUT2D eigenvalue weighted by Crippen LogP contribution is -2.44. The van der Waals surface area contributed by atoms with Gasteiger partial charge in [-0.15, -0.1) is 0 Å². The molecule has 0 spiro atoms. The van der Waals surface area contributed by atoms with Crippen LogP contribution in [0, 0.1) is 5.82 Å². The van der Waals surface area contributed by atoms with Crippen molar-refractivity contribution in [3.05, 3.63) is 29.6 Å². The predicted molar refractivity (Wildman–Crippen MR) is 74.2 cm³/mol. The maximum Gasteiger partial charge on any atom is 0.257 e. The summed E-state index contributed by atoms with van der Waals surface area (Å²) in [7, 11) is -2.43. The van der Waals surface area contributed by atoms with Crippen LogP contribution >= 0.6 is 0 Å². The van der Waals surface area contributed by atoms with E-state index in [1.54, 1.807) is 7.05 Å². The molecule has 0 aliphatic heterocycles. The van der Waals surface area contributed by atoms with E-state index in [1.807, 2.05) is 20.8 Å². The van der Waals surface area contributed by atoms with E-state index in [4.69, 9.17) is 5.14 Å². The monoisotopic (exact) mass is 302 g/mol. The average molecular weight is 302 g/mol. The van der Waals surface area contributed by atoms with Crippen LogP contribution in [0.4, 0.5) is 4.39 Å². The summed E-state index contributed by atoms with van der Waals surface area (Å²) in [5.41, 5.74) is -0.776. The zero-order valence-electron chi connectivity index (χ0n) is 12.0. The first-order valence-corrected chi connectivity index (χ1v) is 7.66. The van der Waals surface area contributed by atoms with E-state index in [-0.39, 0.29) is 10.5 Å². The number of rotatable bonds is 4. The molecule has 0 aliphatic rings. The van der Waals surface area contributed by atoms with Gasteiger partial charge in [0.05, 0.1) is 10.5 Å². The fraction of sp³-hybridized carbons (Fsp3) is 0.462. The van der Waals surface area contributed by atoms with E-state index >= 15 is 0 Å². The van der Waals surface area contributed by atoms with Crippen LogP contribution in [0.2, 0.25) is 0 Å². The highest BCUT2D eigenvalue weighted by Crippen LogP contribution is 2.22. The second-order valence-corrected chi connectivity index (χ2v) is 6.78. The van der Waals surface area contributed by atoms with E-state index in [9.17, 15) is 17.6 Å². The van der Waals surface area contributed by atoms with E-state index in [2.05, 4.69) is 0 Å². The molecule has 0 heterocycles. The number of nitrogens with two attached hydrogens (primary N) is 1. The first-order chi connectivity index (χ1) is 9.00. The number of primary sulfonamides is 1. The zero-order chi connectivity index (χ0) is 15.7. The van der Waals surface area contributed by atoms with Crippen molar-refractivity contribution in [3.63, 3.8) is 0 Å². The minimum Gasteiger partial charge on any atom is -0.337 e. The normalized spacial score (nSPS) is 12.3. The first kappa shape index (κ1) is 16.6. The van der Waals surface area contributed by atoms with Gasteiger partial charge >= 0.3 is 0 Å². The van der Waals surface area contributed by atoms with Gasteiger partial charge in [-0.05, 0) is 38.5 Å². The zero-order valence-corrected chi connectivity index (χ0v) is 12.8. The Morgan fingerprint density at radius 3 is 2.40 bits per heavy atom. The van der Waals surface area contributed by atoms with Gasteiger partial charge < -0.3 is 4.90 Å². The summed E-state index contributed by atoms with van der Waals surface area (Å²) in [6.45, 7) is 5.58. The number of hydrogen-bond acceptors (Lipinski definition) is 3.